The van der Waals surface area contributed by atoms with E-state index in [4.69, 9.17) is 11.6 Å². The van der Waals surface area contributed by atoms with Gasteiger partial charge in [-0.2, -0.15) is 0 Å². The monoisotopic (exact) mass is 281 g/mol. The Labute approximate surface area is 124 Å². The van der Waals surface area contributed by atoms with Crippen LogP contribution in [0.3, 0.4) is 0 Å². The lowest BCUT2D eigenvalue weighted by Crippen LogP contribution is -2.06. The van der Waals surface area contributed by atoms with Gasteiger partial charge < -0.3 is 5.32 Å². The predicted molar refractivity (Wildman–Crippen MR) is 87.4 cm³/mol. The summed E-state index contributed by atoms with van der Waals surface area (Å²) in [5, 5.41) is 6.80. The van der Waals surface area contributed by atoms with Crippen molar-refractivity contribution < 1.29 is 0 Å². The molecule has 0 heterocycles. The molecule has 0 saturated heterocycles. The van der Waals surface area contributed by atoms with E-state index in [-0.39, 0.29) is 6.04 Å². The van der Waals surface area contributed by atoms with E-state index in [1.54, 1.807) is 0 Å². The molecule has 100 valence electrons. The fourth-order valence-electron chi connectivity index (χ4n) is 2.43. The van der Waals surface area contributed by atoms with Crippen molar-refractivity contribution in [3.8, 4) is 0 Å². The summed E-state index contributed by atoms with van der Waals surface area (Å²) in [6.07, 6.45) is 0. The van der Waals surface area contributed by atoms with E-state index in [1.807, 2.05) is 18.2 Å². The van der Waals surface area contributed by atoms with Crippen LogP contribution in [0.25, 0.3) is 10.8 Å². The molecule has 0 aromatic heterocycles. The number of halogens is 1. The van der Waals surface area contributed by atoms with Gasteiger partial charge in [-0.1, -0.05) is 60.1 Å². The molecule has 0 aliphatic rings. The molecule has 0 aliphatic heterocycles. The summed E-state index contributed by atoms with van der Waals surface area (Å²) < 4.78 is 0. The van der Waals surface area contributed by atoms with Gasteiger partial charge in [-0.25, -0.2) is 0 Å². The first-order valence-corrected chi connectivity index (χ1v) is 7.11. The van der Waals surface area contributed by atoms with E-state index in [2.05, 4.69) is 60.8 Å². The average molecular weight is 282 g/mol. The van der Waals surface area contributed by atoms with Crippen LogP contribution in [0.1, 0.15) is 18.5 Å². The summed E-state index contributed by atoms with van der Waals surface area (Å²) in [4.78, 5) is 0. The number of hydrogen-bond acceptors (Lipinski definition) is 1. The first kappa shape index (κ1) is 13.0. The van der Waals surface area contributed by atoms with Crippen LogP contribution >= 0.6 is 11.6 Å². The first-order chi connectivity index (χ1) is 9.74. The first-order valence-electron chi connectivity index (χ1n) is 6.74. The Hall–Kier alpha value is -1.99. The molecule has 1 unspecified atom stereocenters. The summed E-state index contributed by atoms with van der Waals surface area (Å²) in [6.45, 7) is 2.12. The van der Waals surface area contributed by atoms with E-state index >= 15 is 0 Å². The zero-order valence-corrected chi connectivity index (χ0v) is 12.1. The minimum Gasteiger partial charge on any atom is -0.378 e. The van der Waals surface area contributed by atoms with Crippen LogP contribution in [0.5, 0.6) is 0 Å². The molecule has 20 heavy (non-hydrogen) atoms. The quantitative estimate of drug-likeness (QED) is 0.652. The van der Waals surface area contributed by atoms with Gasteiger partial charge in [-0.05, 0) is 41.5 Å². The molecule has 0 aliphatic carbocycles. The van der Waals surface area contributed by atoms with Crippen molar-refractivity contribution in [2.75, 3.05) is 5.32 Å². The van der Waals surface area contributed by atoms with Crippen LogP contribution in [-0.2, 0) is 0 Å². The Morgan fingerprint density at radius 3 is 2.35 bits per heavy atom. The molecule has 3 aromatic carbocycles. The van der Waals surface area contributed by atoms with Crippen LogP contribution in [0, 0.1) is 0 Å². The van der Waals surface area contributed by atoms with E-state index in [1.165, 1.54) is 10.8 Å². The van der Waals surface area contributed by atoms with Gasteiger partial charge in [0.25, 0.3) is 0 Å². The maximum atomic E-state index is 6.24. The minimum atomic E-state index is 0.171. The lowest BCUT2D eigenvalue weighted by molar-refractivity contribution is 0.885. The average Bonchev–Trinajstić information content (AvgIpc) is 2.47. The molecule has 0 amide bonds. The largest absolute Gasteiger partial charge is 0.378 e. The second-order valence-corrected chi connectivity index (χ2v) is 5.36. The lowest BCUT2D eigenvalue weighted by atomic mass is 10.1. The van der Waals surface area contributed by atoms with Crippen molar-refractivity contribution in [2.45, 2.75) is 13.0 Å². The summed E-state index contributed by atoms with van der Waals surface area (Å²) in [6, 6.07) is 22.9. The topological polar surface area (TPSA) is 12.0 Å². The highest BCUT2D eigenvalue weighted by molar-refractivity contribution is 6.31. The summed E-state index contributed by atoms with van der Waals surface area (Å²) >= 11 is 6.24. The van der Waals surface area contributed by atoms with E-state index in [9.17, 15) is 0 Å². The van der Waals surface area contributed by atoms with Crippen molar-refractivity contribution >= 4 is 28.1 Å². The van der Waals surface area contributed by atoms with Crippen LogP contribution in [0.4, 0.5) is 5.69 Å². The minimum absolute atomic E-state index is 0.171. The highest BCUT2D eigenvalue weighted by atomic mass is 35.5. The Kier molecular flexibility index (Phi) is 3.62. The number of fused-ring (bicyclic) bond motifs is 1. The molecular formula is C18H16ClN. The van der Waals surface area contributed by atoms with Crippen molar-refractivity contribution in [1.82, 2.24) is 0 Å². The van der Waals surface area contributed by atoms with E-state index < -0.39 is 0 Å². The maximum absolute atomic E-state index is 6.24. The van der Waals surface area contributed by atoms with Crippen molar-refractivity contribution in [3.63, 3.8) is 0 Å². The van der Waals surface area contributed by atoms with Gasteiger partial charge in [0.15, 0.2) is 0 Å². The fourth-order valence-corrected chi connectivity index (χ4v) is 2.73. The van der Waals surface area contributed by atoms with Gasteiger partial charge in [-0.3, -0.25) is 0 Å². The summed E-state index contributed by atoms with van der Waals surface area (Å²) in [5.74, 6) is 0. The zero-order chi connectivity index (χ0) is 13.9. The number of nitrogens with one attached hydrogen (secondary N) is 1. The molecule has 0 radical (unpaired) electrons. The normalized spacial score (nSPS) is 12.3. The van der Waals surface area contributed by atoms with Gasteiger partial charge in [0.05, 0.1) is 0 Å². The molecule has 1 N–H and O–H groups in total. The van der Waals surface area contributed by atoms with Crippen LogP contribution in [0.2, 0.25) is 5.02 Å². The molecule has 3 aromatic rings. The molecule has 0 bridgehead atoms. The Morgan fingerprint density at radius 2 is 1.55 bits per heavy atom. The molecule has 2 heteroatoms. The summed E-state index contributed by atoms with van der Waals surface area (Å²) in [5.41, 5.74) is 2.22. The molecule has 0 fully saturated rings. The number of rotatable bonds is 3. The molecule has 0 saturated carbocycles. The second kappa shape index (κ2) is 5.56. The Morgan fingerprint density at radius 1 is 0.850 bits per heavy atom. The van der Waals surface area contributed by atoms with E-state index in [0.717, 1.165) is 16.3 Å². The Balaban J connectivity index is 1.87. The third-order valence-electron chi connectivity index (χ3n) is 3.50. The van der Waals surface area contributed by atoms with Crippen LogP contribution in [-0.4, -0.2) is 0 Å². The number of hydrogen-bond donors (Lipinski definition) is 1. The van der Waals surface area contributed by atoms with Gasteiger partial charge >= 0.3 is 0 Å². The van der Waals surface area contributed by atoms with E-state index in [0.29, 0.717) is 0 Å². The van der Waals surface area contributed by atoms with Crippen molar-refractivity contribution in [1.29, 1.82) is 0 Å². The predicted octanol–water partition coefficient (Wildman–Crippen LogP) is 5.67. The second-order valence-electron chi connectivity index (χ2n) is 4.95. The van der Waals surface area contributed by atoms with Gasteiger partial charge in [0.1, 0.15) is 0 Å². The molecule has 1 atom stereocenters. The van der Waals surface area contributed by atoms with Crippen LogP contribution in [0.15, 0.2) is 66.7 Å². The van der Waals surface area contributed by atoms with Crippen molar-refractivity contribution in [2.24, 2.45) is 0 Å². The molecule has 1 nitrogen and oxygen atoms in total. The summed E-state index contributed by atoms with van der Waals surface area (Å²) in [7, 11) is 0. The SMILES string of the molecule is CC(Nc1ccc2ccccc2c1)c1ccccc1Cl. The smallest absolute Gasteiger partial charge is 0.0500 e. The van der Waals surface area contributed by atoms with Crippen molar-refractivity contribution in [3.05, 3.63) is 77.3 Å². The maximum Gasteiger partial charge on any atom is 0.0500 e. The highest BCUT2D eigenvalue weighted by Gasteiger charge is 2.08. The molecule has 0 spiro atoms. The van der Waals surface area contributed by atoms with Gasteiger partial charge in [-0.15, -0.1) is 0 Å². The Bertz CT molecular complexity index is 736. The van der Waals surface area contributed by atoms with Gasteiger partial charge in [0.2, 0.25) is 0 Å². The van der Waals surface area contributed by atoms with Crippen LogP contribution < -0.4 is 5.32 Å². The standard InChI is InChI=1S/C18H16ClN/c1-13(17-8-4-5-9-18(17)19)20-16-11-10-14-6-2-3-7-15(14)12-16/h2-13,20H,1H3. The third-order valence-corrected chi connectivity index (χ3v) is 3.85. The highest BCUT2D eigenvalue weighted by Crippen LogP contribution is 2.27. The third kappa shape index (κ3) is 2.63. The number of benzene rings is 3. The fraction of sp³-hybridized carbons (Fsp3) is 0.111. The molecule has 3 rings (SSSR count). The molecular weight excluding hydrogens is 266 g/mol. The van der Waals surface area contributed by atoms with Gasteiger partial charge in [0, 0.05) is 16.8 Å². The number of anilines is 1. The lowest BCUT2D eigenvalue weighted by Gasteiger charge is -2.17. The zero-order valence-electron chi connectivity index (χ0n) is 11.3.